The van der Waals surface area contributed by atoms with Crippen LogP contribution in [0.15, 0.2) is 23.2 Å². The molecule has 19 heavy (non-hydrogen) atoms. The molecule has 2 aromatic rings. The van der Waals surface area contributed by atoms with E-state index in [2.05, 4.69) is 10.2 Å². The molecule has 1 heterocycles. The van der Waals surface area contributed by atoms with Crippen LogP contribution in [0.3, 0.4) is 0 Å². The van der Waals surface area contributed by atoms with Gasteiger partial charge in [-0.3, -0.25) is 9.82 Å². The Morgan fingerprint density at radius 2 is 1.89 bits per heavy atom. The van der Waals surface area contributed by atoms with Gasteiger partial charge in [0.15, 0.2) is 0 Å². The number of rotatable bonds is 3. The molecule has 102 valence electrons. The summed E-state index contributed by atoms with van der Waals surface area (Å²) in [7, 11) is -4.00. The van der Waals surface area contributed by atoms with Gasteiger partial charge in [-0.1, -0.05) is 0 Å². The average molecular weight is 287 g/mol. The first-order valence-corrected chi connectivity index (χ1v) is 6.78. The van der Waals surface area contributed by atoms with E-state index in [9.17, 15) is 17.2 Å². The van der Waals surface area contributed by atoms with Crippen LogP contribution in [0.25, 0.3) is 0 Å². The molecule has 0 spiro atoms. The van der Waals surface area contributed by atoms with Crippen LogP contribution in [-0.2, 0) is 10.0 Å². The van der Waals surface area contributed by atoms with E-state index < -0.39 is 27.3 Å². The molecule has 0 bridgehead atoms. The van der Waals surface area contributed by atoms with Gasteiger partial charge in [-0.2, -0.15) is 5.10 Å². The summed E-state index contributed by atoms with van der Waals surface area (Å²) in [6.45, 7) is 2.89. The maximum atomic E-state index is 13.6. The number of H-pyrrole nitrogens is 1. The maximum absolute atomic E-state index is 13.6. The van der Waals surface area contributed by atoms with Crippen LogP contribution in [0.5, 0.6) is 0 Å². The predicted molar refractivity (Wildman–Crippen MR) is 65.2 cm³/mol. The van der Waals surface area contributed by atoms with Gasteiger partial charge in [0, 0.05) is 6.07 Å². The highest BCUT2D eigenvalue weighted by Gasteiger charge is 2.20. The van der Waals surface area contributed by atoms with Crippen molar-refractivity contribution in [1.82, 2.24) is 10.2 Å². The van der Waals surface area contributed by atoms with Gasteiger partial charge in [0.25, 0.3) is 10.0 Å². The molecule has 2 rings (SSSR count). The summed E-state index contributed by atoms with van der Waals surface area (Å²) in [6.07, 6.45) is 1.10. The van der Waals surface area contributed by atoms with Crippen LogP contribution in [0, 0.1) is 25.5 Å². The third-order valence-electron chi connectivity index (χ3n) is 2.57. The molecule has 0 saturated heterocycles. The number of sulfonamides is 1. The number of benzene rings is 1. The van der Waals surface area contributed by atoms with Gasteiger partial charge in [0.05, 0.1) is 17.6 Å². The molecule has 0 aliphatic heterocycles. The molecular formula is C11H11F2N3O2S. The second-order valence-corrected chi connectivity index (χ2v) is 5.70. The zero-order valence-electron chi connectivity index (χ0n) is 10.2. The van der Waals surface area contributed by atoms with E-state index in [0.717, 1.165) is 18.3 Å². The van der Waals surface area contributed by atoms with Crippen molar-refractivity contribution < 1.29 is 17.2 Å². The molecule has 0 amide bonds. The zero-order chi connectivity index (χ0) is 14.2. The SMILES string of the molecule is Cc1cc(F)c(NS(=O)(=O)c2cn[nH]c2C)cc1F. The van der Waals surface area contributed by atoms with Gasteiger partial charge in [0.2, 0.25) is 0 Å². The Bertz CT molecular complexity index is 726. The van der Waals surface area contributed by atoms with Crippen molar-refractivity contribution in [3.05, 3.63) is 41.2 Å². The molecule has 8 heteroatoms. The monoisotopic (exact) mass is 287 g/mol. The molecule has 0 radical (unpaired) electrons. The van der Waals surface area contributed by atoms with Crippen molar-refractivity contribution in [3.63, 3.8) is 0 Å². The molecule has 1 aromatic carbocycles. The largest absolute Gasteiger partial charge is 0.281 e. The van der Waals surface area contributed by atoms with E-state index in [-0.39, 0.29) is 10.5 Å². The highest BCUT2D eigenvalue weighted by atomic mass is 32.2. The van der Waals surface area contributed by atoms with Crippen molar-refractivity contribution in [1.29, 1.82) is 0 Å². The molecule has 0 unspecified atom stereocenters. The average Bonchev–Trinajstić information content (AvgIpc) is 2.73. The van der Waals surface area contributed by atoms with E-state index in [0.29, 0.717) is 5.69 Å². The Kier molecular flexibility index (Phi) is 3.27. The number of halogens is 2. The van der Waals surface area contributed by atoms with Gasteiger partial charge in [-0.25, -0.2) is 17.2 Å². The van der Waals surface area contributed by atoms with Gasteiger partial charge in [-0.15, -0.1) is 0 Å². The number of hydrogen-bond acceptors (Lipinski definition) is 3. The fraction of sp³-hybridized carbons (Fsp3) is 0.182. The Balaban J connectivity index is 2.42. The summed E-state index contributed by atoms with van der Waals surface area (Å²) in [5.74, 6) is -1.54. The topological polar surface area (TPSA) is 74.8 Å². The second-order valence-electron chi connectivity index (χ2n) is 4.05. The number of nitrogens with one attached hydrogen (secondary N) is 2. The Morgan fingerprint density at radius 3 is 2.47 bits per heavy atom. The maximum Gasteiger partial charge on any atom is 0.265 e. The highest BCUT2D eigenvalue weighted by molar-refractivity contribution is 7.92. The van der Waals surface area contributed by atoms with Gasteiger partial charge in [0.1, 0.15) is 16.5 Å². The Hall–Kier alpha value is -1.96. The first-order valence-electron chi connectivity index (χ1n) is 5.29. The molecule has 0 aliphatic carbocycles. The first kappa shape index (κ1) is 13.5. The second kappa shape index (κ2) is 4.61. The lowest BCUT2D eigenvalue weighted by atomic mass is 10.2. The van der Waals surface area contributed by atoms with Crippen LogP contribution < -0.4 is 4.72 Å². The molecule has 0 saturated carbocycles. The number of aromatic nitrogens is 2. The third-order valence-corrected chi connectivity index (χ3v) is 4.05. The molecule has 0 fully saturated rings. The Morgan fingerprint density at radius 1 is 1.21 bits per heavy atom. The lowest BCUT2D eigenvalue weighted by Gasteiger charge is -2.09. The number of aromatic amines is 1. The van der Waals surface area contributed by atoms with Crippen LogP contribution in [0.4, 0.5) is 14.5 Å². The molecule has 0 aliphatic rings. The van der Waals surface area contributed by atoms with Crippen molar-refractivity contribution >= 4 is 15.7 Å². The smallest absolute Gasteiger partial charge is 0.265 e. The molecule has 0 atom stereocenters. The minimum absolute atomic E-state index is 0.0972. The summed E-state index contributed by atoms with van der Waals surface area (Å²) < 4.78 is 52.9. The molecule has 2 N–H and O–H groups in total. The number of anilines is 1. The van der Waals surface area contributed by atoms with Crippen molar-refractivity contribution in [3.8, 4) is 0 Å². The standard InChI is InChI=1S/C11H11F2N3O2S/c1-6-3-9(13)10(4-8(6)12)16-19(17,18)11-5-14-15-7(11)2/h3-5,16H,1-2H3,(H,14,15). The summed E-state index contributed by atoms with van der Waals surface area (Å²) in [4.78, 5) is -0.118. The first-order chi connectivity index (χ1) is 8.81. The fourth-order valence-corrected chi connectivity index (χ4v) is 2.73. The molecule has 1 aromatic heterocycles. The summed E-state index contributed by atoms with van der Waals surface area (Å²) >= 11 is 0. The minimum Gasteiger partial charge on any atom is -0.281 e. The normalized spacial score (nSPS) is 11.6. The van der Waals surface area contributed by atoms with E-state index >= 15 is 0 Å². The van der Waals surface area contributed by atoms with Crippen LogP contribution in [-0.4, -0.2) is 18.6 Å². The molecule has 5 nitrogen and oxygen atoms in total. The fourth-order valence-electron chi connectivity index (χ4n) is 1.53. The van der Waals surface area contributed by atoms with E-state index in [1.807, 2.05) is 4.72 Å². The van der Waals surface area contributed by atoms with Crippen molar-refractivity contribution in [2.75, 3.05) is 4.72 Å². The lowest BCUT2D eigenvalue weighted by molar-refractivity contribution is 0.590. The third kappa shape index (κ3) is 2.58. The molecular weight excluding hydrogens is 276 g/mol. The number of nitrogens with zero attached hydrogens (tertiary/aromatic N) is 1. The number of hydrogen-bond donors (Lipinski definition) is 2. The van der Waals surface area contributed by atoms with E-state index in [4.69, 9.17) is 0 Å². The Labute approximate surface area is 108 Å². The number of aryl methyl sites for hydroxylation is 2. The van der Waals surface area contributed by atoms with E-state index in [1.54, 1.807) is 0 Å². The highest BCUT2D eigenvalue weighted by Crippen LogP contribution is 2.22. The van der Waals surface area contributed by atoms with Crippen molar-refractivity contribution in [2.24, 2.45) is 0 Å². The van der Waals surface area contributed by atoms with Gasteiger partial charge < -0.3 is 0 Å². The van der Waals surface area contributed by atoms with Gasteiger partial charge >= 0.3 is 0 Å². The van der Waals surface area contributed by atoms with Crippen LogP contribution in [0.1, 0.15) is 11.3 Å². The van der Waals surface area contributed by atoms with Crippen LogP contribution >= 0.6 is 0 Å². The summed E-state index contributed by atoms with van der Waals surface area (Å²) in [5, 5.41) is 6.03. The summed E-state index contributed by atoms with van der Waals surface area (Å²) in [5.41, 5.74) is -0.0378. The van der Waals surface area contributed by atoms with Crippen LogP contribution in [0.2, 0.25) is 0 Å². The minimum atomic E-state index is -4.00. The van der Waals surface area contributed by atoms with Crippen molar-refractivity contribution in [2.45, 2.75) is 18.7 Å². The van der Waals surface area contributed by atoms with Gasteiger partial charge in [-0.05, 0) is 25.5 Å². The lowest BCUT2D eigenvalue weighted by Crippen LogP contribution is -2.14. The zero-order valence-corrected chi connectivity index (χ0v) is 11.0. The quantitative estimate of drug-likeness (QED) is 0.907. The summed E-state index contributed by atoms with van der Waals surface area (Å²) in [6, 6.07) is 1.73. The van der Waals surface area contributed by atoms with E-state index in [1.165, 1.54) is 13.8 Å². The predicted octanol–water partition coefficient (Wildman–Crippen LogP) is 2.11.